The Bertz CT molecular complexity index is 1940. The summed E-state index contributed by atoms with van der Waals surface area (Å²) in [4.78, 5) is 0. The second-order valence-electron chi connectivity index (χ2n) is 11.4. The molecule has 2 heteroatoms. The zero-order chi connectivity index (χ0) is 32.8. The molecular formula is C46H40SiTi. The van der Waals surface area contributed by atoms with Gasteiger partial charge in [-0.25, -0.2) is 9.85 Å². The third-order valence-electron chi connectivity index (χ3n) is 7.89. The first-order chi connectivity index (χ1) is 23.1. The van der Waals surface area contributed by atoms with E-state index in [9.17, 15) is 0 Å². The molecule has 0 aliphatic heterocycles. The van der Waals surface area contributed by atoms with Crippen molar-refractivity contribution in [3.63, 3.8) is 0 Å². The smallest absolute Gasteiger partial charge is 0.533 e. The van der Waals surface area contributed by atoms with Crippen molar-refractivity contribution in [1.82, 2.24) is 0 Å². The largest absolute Gasteiger partial charge is 4.00 e. The normalized spacial score (nSPS) is 9.88. The maximum Gasteiger partial charge on any atom is 4.00 e. The van der Waals surface area contributed by atoms with Crippen LogP contribution in [0.15, 0.2) is 182 Å². The van der Waals surface area contributed by atoms with Crippen LogP contribution in [0.2, 0.25) is 0 Å². The molecule has 0 aliphatic rings. The van der Waals surface area contributed by atoms with Gasteiger partial charge in [0.25, 0.3) is 0 Å². The van der Waals surface area contributed by atoms with Crippen molar-refractivity contribution in [2.45, 2.75) is 13.8 Å². The first kappa shape index (κ1) is 36.1. The van der Waals surface area contributed by atoms with E-state index < -0.39 is 0 Å². The van der Waals surface area contributed by atoms with Crippen LogP contribution < -0.4 is 0 Å². The van der Waals surface area contributed by atoms with Crippen LogP contribution in [-0.4, -0.2) is 16.0 Å². The van der Waals surface area contributed by atoms with Gasteiger partial charge in [-0.1, -0.05) is 134 Å². The molecule has 48 heavy (non-hydrogen) atoms. The molecule has 0 aromatic heterocycles. The van der Waals surface area contributed by atoms with Gasteiger partial charge >= 0.3 is 21.7 Å². The van der Waals surface area contributed by atoms with E-state index in [1.54, 1.807) is 0 Å². The van der Waals surface area contributed by atoms with Gasteiger partial charge < -0.3 is 6.17 Å². The van der Waals surface area contributed by atoms with Gasteiger partial charge in [-0.2, -0.15) is 12.1 Å². The van der Waals surface area contributed by atoms with Gasteiger partial charge in [-0.15, -0.1) is 111 Å². The summed E-state index contributed by atoms with van der Waals surface area (Å²) >= 11 is 0. The Kier molecular flexibility index (Phi) is 13.9. The second-order valence-corrected chi connectivity index (χ2v) is 11.4. The number of benzene rings is 6. The van der Waals surface area contributed by atoms with E-state index in [0.29, 0.717) is 0 Å². The molecule has 0 atom stereocenters. The van der Waals surface area contributed by atoms with Gasteiger partial charge in [0.2, 0.25) is 0 Å². The van der Waals surface area contributed by atoms with E-state index in [1.165, 1.54) is 75.9 Å². The van der Waals surface area contributed by atoms with E-state index in [1.807, 2.05) is 12.1 Å². The molecule has 0 unspecified atom stereocenters. The van der Waals surface area contributed by atoms with Crippen LogP contribution in [0.3, 0.4) is 0 Å². The van der Waals surface area contributed by atoms with Crippen LogP contribution in [0.5, 0.6) is 0 Å². The fraction of sp³-hybridized carbons (Fsp3) is 0.0435. The summed E-state index contributed by atoms with van der Waals surface area (Å²) in [6, 6.07) is 63.8. The molecular weight excluding hydrogens is 628 g/mol. The fourth-order valence-electron chi connectivity index (χ4n) is 5.80. The molecule has 0 amide bonds. The van der Waals surface area contributed by atoms with Gasteiger partial charge in [0.15, 0.2) is 0 Å². The summed E-state index contributed by atoms with van der Waals surface area (Å²) in [6.07, 6.45) is 6.69. The summed E-state index contributed by atoms with van der Waals surface area (Å²) in [5.41, 5.74) is 10.4. The Morgan fingerprint density at radius 3 is 1.12 bits per heavy atom. The van der Waals surface area contributed by atoms with Gasteiger partial charge in [-0.05, 0) is 11.1 Å². The van der Waals surface area contributed by atoms with Crippen molar-refractivity contribution in [2.24, 2.45) is 0 Å². The molecule has 0 saturated carbocycles. The van der Waals surface area contributed by atoms with Crippen molar-refractivity contribution in [3.05, 3.63) is 211 Å². The van der Waals surface area contributed by atoms with E-state index in [2.05, 4.69) is 196 Å². The van der Waals surface area contributed by atoms with E-state index in [-0.39, 0.29) is 21.7 Å². The SMILES string of the molecule is Cc1cc2c(-c3ccccc3)cccc2[cH-]1.Cc1cc2c(-c3ccccc3)cccc2[cH-]1.[CH-]=[SiH2].[Ti+4].c1ccc([CH-]c2ccccc2)cc1. The predicted molar refractivity (Wildman–Crippen MR) is 209 cm³/mol. The number of aryl methyl sites for hydroxylation is 2. The number of hydrogen-bond acceptors (Lipinski definition) is 0. The molecule has 0 aliphatic carbocycles. The molecule has 0 heterocycles. The predicted octanol–water partition coefficient (Wildman–Crippen LogP) is 11.3. The second kappa shape index (κ2) is 18.5. The topological polar surface area (TPSA) is 0 Å². The molecule has 0 saturated heterocycles. The van der Waals surface area contributed by atoms with Gasteiger partial charge in [-0.3, -0.25) is 0 Å². The van der Waals surface area contributed by atoms with Gasteiger partial charge in [0.1, 0.15) is 0 Å². The van der Waals surface area contributed by atoms with Crippen LogP contribution in [0, 0.1) is 20.3 Å². The average molecular weight is 669 g/mol. The summed E-state index contributed by atoms with van der Waals surface area (Å²) < 4.78 is 0. The fourth-order valence-corrected chi connectivity index (χ4v) is 5.80. The standard InChI is InChI=1S/2C16H13.C13H11.CH3Si.Ti/c2*1-12-10-14-8-5-9-15(16(14)11-12)13-6-3-2-4-7-13;1-3-7-12(8-4-1)11-13-9-5-2-6-10-13;1-2;/h2*2-11H,1H3;1-11H;1H,2H2;/q4*-1;+4. The van der Waals surface area contributed by atoms with Crippen molar-refractivity contribution < 1.29 is 21.7 Å². The molecule has 0 N–H and O–H groups in total. The van der Waals surface area contributed by atoms with Crippen LogP contribution in [0.4, 0.5) is 0 Å². The summed E-state index contributed by atoms with van der Waals surface area (Å²) in [7, 11) is 1.36. The minimum absolute atomic E-state index is 0. The zero-order valence-electron chi connectivity index (χ0n) is 27.7. The zero-order valence-corrected chi connectivity index (χ0v) is 30.7. The number of fused-ring (bicyclic) bond motifs is 2. The Balaban J connectivity index is 0.000000158. The van der Waals surface area contributed by atoms with Gasteiger partial charge in [0, 0.05) is 0 Å². The summed E-state index contributed by atoms with van der Waals surface area (Å²) in [6.45, 7) is 4.30. The molecule has 232 valence electrons. The molecule has 0 nitrogen and oxygen atoms in total. The quantitative estimate of drug-likeness (QED) is 0.129. The van der Waals surface area contributed by atoms with E-state index >= 15 is 0 Å². The molecule has 8 aromatic carbocycles. The monoisotopic (exact) mass is 668 g/mol. The molecule has 0 fully saturated rings. The van der Waals surface area contributed by atoms with Crippen molar-refractivity contribution >= 4 is 37.6 Å². The summed E-state index contributed by atoms with van der Waals surface area (Å²) in [5, 5.41) is 5.37. The maximum absolute atomic E-state index is 4.53. The maximum atomic E-state index is 4.53. The van der Waals surface area contributed by atoms with Crippen molar-refractivity contribution in [2.75, 3.05) is 0 Å². The molecule has 0 radical (unpaired) electrons. The third-order valence-corrected chi connectivity index (χ3v) is 7.89. The van der Waals surface area contributed by atoms with Crippen LogP contribution in [0.1, 0.15) is 22.3 Å². The summed E-state index contributed by atoms with van der Waals surface area (Å²) in [5.74, 6) is 0. The number of rotatable bonds is 4. The first-order valence-corrected chi connectivity index (χ1v) is 16.7. The molecule has 0 bridgehead atoms. The minimum Gasteiger partial charge on any atom is -0.533 e. The Hall–Kier alpha value is -4.79. The van der Waals surface area contributed by atoms with Crippen LogP contribution >= 0.6 is 0 Å². The Labute approximate surface area is 304 Å². The Morgan fingerprint density at radius 1 is 0.438 bits per heavy atom. The average Bonchev–Trinajstić information content (AvgIpc) is 3.72. The number of hydrogen-bond donors (Lipinski definition) is 0. The van der Waals surface area contributed by atoms with Crippen molar-refractivity contribution in [3.8, 4) is 22.3 Å². The van der Waals surface area contributed by atoms with Crippen LogP contribution in [-0.2, 0) is 21.7 Å². The Morgan fingerprint density at radius 2 is 0.771 bits per heavy atom. The van der Waals surface area contributed by atoms with Crippen LogP contribution in [0.25, 0.3) is 43.8 Å². The molecule has 0 spiro atoms. The van der Waals surface area contributed by atoms with Gasteiger partial charge in [0.05, 0.1) is 0 Å². The van der Waals surface area contributed by atoms with E-state index in [4.69, 9.17) is 0 Å². The van der Waals surface area contributed by atoms with Crippen molar-refractivity contribution in [1.29, 1.82) is 0 Å². The molecule has 8 rings (SSSR count). The van der Waals surface area contributed by atoms with E-state index in [0.717, 1.165) is 0 Å². The minimum atomic E-state index is 0. The first-order valence-electron chi connectivity index (χ1n) is 15.9. The molecule has 8 aromatic rings. The third kappa shape index (κ3) is 9.62.